The molecule has 4 atom stereocenters. The maximum atomic E-state index is 16.7. The molecule has 2 aromatic carbocycles. The first-order valence-corrected chi connectivity index (χ1v) is 29.5. The van der Waals surface area contributed by atoms with E-state index in [1.54, 1.807) is 40.3 Å². The summed E-state index contributed by atoms with van der Waals surface area (Å²) in [4.78, 5) is 85.8. The molecule has 3 N–H and O–H groups in total. The molecule has 5 amide bonds. The molecule has 1 unspecified atom stereocenters. The molecule has 23 heteroatoms. The molecule has 1 aliphatic carbocycles. The van der Waals surface area contributed by atoms with Crippen molar-refractivity contribution in [2.45, 2.75) is 103 Å². The third-order valence-corrected chi connectivity index (χ3v) is 16.3. The van der Waals surface area contributed by atoms with Crippen LogP contribution in [-0.2, 0) is 47.7 Å². The van der Waals surface area contributed by atoms with Gasteiger partial charge in [-0.25, -0.2) is 23.7 Å². The number of ether oxygens (including phenoxy) is 5. The molecule has 83 heavy (non-hydrogen) atoms. The summed E-state index contributed by atoms with van der Waals surface area (Å²) in [6.07, 6.45) is 6.06. The molecule has 2 aliphatic heterocycles. The van der Waals surface area contributed by atoms with Gasteiger partial charge in [0.1, 0.15) is 30.0 Å². The zero-order valence-corrected chi connectivity index (χ0v) is 50.1. The summed E-state index contributed by atoms with van der Waals surface area (Å²) in [6, 6.07) is 7.77. The van der Waals surface area contributed by atoms with E-state index >= 15 is 8.78 Å². The average Bonchev–Trinajstić information content (AvgIpc) is 4.14. The number of methoxy groups -OCH3 is 1. The zero-order valence-electron chi connectivity index (χ0n) is 48.5. The van der Waals surface area contributed by atoms with E-state index in [0.29, 0.717) is 82.6 Å². The van der Waals surface area contributed by atoms with Crippen LogP contribution >= 0.6 is 22.9 Å². The first-order chi connectivity index (χ1) is 39.8. The maximum Gasteiger partial charge on any atom is 0.246 e. The van der Waals surface area contributed by atoms with Gasteiger partial charge in [-0.15, -0.1) is 11.3 Å². The quantitative estimate of drug-likeness (QED) is 0.0362. The van der Waals surface area contributed by atoms with Gasteiger partial charge in [0.25, 0.3) is 0 Å². The Labute approximate surface area is 493 Å². The van der Waals surface area contributed by atoms with Crippen LogP contribution in [0.5, 0.6) is 0 Å². The Kier molecular flexibility index (Phi) is 23.6. The van der Waals surface area contributed by atoms with Crippen molar-refractivity contribution in [3.8, 4) is 10.4 Å². The van der Waals surface area contributed by atoms with Crippen molar-refractivity contribution < 1.29 is 56.4 Å². The van der Waals surface area contributed by atoms with Crippen LogP contribution in [0.25, 0.3) is 26.9 Å². The van der Waals surface area contributed by atoms with Gasteiger partial charge in [-0.2, -0.15) is 0 Å². The van der Waals surface area contributed by atoms with Gasteiger partial charge in [0.05, 0.1) is 85.2 Å². The lowest BCUT2D eigenvalue weighted by Crippen LogP contribution is -2.58. The lowest BCUT2D eigenvalue weighted by atomic mass is 9.85. The van der Waals surface area contributed by atoms with Crippen LogP contribution in [0.1, 0.15) is 101 Å². The molecule has 3 aliphatic rings. The molecule has 0 saturated carbocycles. The summed E-state index contributed by atoms with van der Waals surface area (Å²) in [6.45, 7) is 16.3. The molecule has 2 aromatic heterocycles. The number of aryl methyl sites for hydroxylation is 1. The predicted molar refractivity (Wildman–Crippen MR) is 315 cm³/mol. The highest BCUT2D eigenvalue weighted by Crippen LogP contribution is 2.42. The molecule has 2 saturated heterocycles. The lowest BCUT2D eigenvalue weighted by Gasteiger charge is -2.35. The van der Waals surface area contributed by atoms with E-state index < -0.39 is 41.2 Å². The molecule has 2 fully saturated rings. The summed E-state index contributed by atoms with van der Waals surface area (Å²) >= 11 is 8.32. The van der Waals surface area contributed by atoms with Crippen molar-refractivity contribution in [2.24, 2.45) is 5.41 Å². The van der Waals surface area contributed by atoms with Gasteiger partial charge in [0.15, 0.2) is 5.82 Å². The summed E-state index contributed by atoms with van der Waals surface area (Å²) in [5, 5.41) is 9.41. The van der Waals surface area contributed by atoms with Crippen molar-refractivity contribution in [3.63, 3.8) is 0 Å². The lowest BCUT2D eigenvalue weighted by molar-refractivity contribution is -0.144. The minimum atomic E-state index is -0.885. The van der Waals surface area contributed by atoms with E-state index in [1.807, 2.05) is 64.4 Å². The van der Waals surface area contributed by atoms with Gasteiger partial charge < -0.3 is 54.3 Å². The van der Waals surface area contributed by atoms with Crippen LogP contribution in [0.2, 0.25) is 5.02 Å². The first kappa shape index (κ1) is 64.3. The number of nitrogens with one attached hydrogen (secondary N) is 3. The molecule has 4 aromatic rings. The Morgan fingerprint density at radius 3 is 2.25 bits per heavy atom. The Morgan fingerprint density at radius 2 is 1.61 bits per heavy atom. The summed E-state index contributed by atoms with van der Waals surface area (Å²) in [5.41, 5.74) is 4.49. The number of halogens is 3. The van der Waals surface area contributed by atoms with Gasteiger partial charge in [-0.1, -0.05) is 69.3 Å². The van der Waals surface area contributed by atoms with Gasteiger partial charge in [0.2, 0.25) is 35.5 Å². The number of piperidine rings is 1. The number of rotatable bonds is 28. The van der Waals surface area contributed by atoms with E-state index in [4.69, 9.17) is 40.3 Å². The normalized spacial score (nSPS) is 17.4. The molecule has 19 nitrogen and oxygen atoms in total. The number of aromatic nitrogens is 3. The average molecular weight is 1190 g/mol. The third kappa shape index (κ3) is 17.0. The van der Waals surface area contributed by atoms with Crippen LogP contribution in [0.4, 0.5) is 14.7 Å². The van der Waals surface area contributed by atoms with E-state index in [0.717, 1.165) is 21.7 Å². The van der Waals surface area contributed by atoms with E-state index in [1.165, 1.54) is 24.2 Å². The summed E-state index contributed by atoms with van der Waals surface area (Å²) in [5.74, 6) is -2.92. The van der Waals surface area contributed by atoms with Crippen molar-refractivity contribution in [1.29, 1.82) is 0 Å². The predicted octanol–water partition coefficient (Wildman–Crippen LogP) is 8.13. The highest BCUT2D eigenvalue weighted by molar-refractivity contribution is 7.13. The van der Waals surface area contributed by atoms with Crippen molar-refractivity contribution in [2.75, 3.05) is 105 Å². The number of nitrogens with zero attached hydrogens (tertiary/aromatic N) is 6. The maximum absolute atomic E-state index is 16.7. The van der Waals surface area contributed by atoms with E-state index in [-0.39, 0.29) is 116 Å². The van der Waals surface area contributed by atoms with Gasteiger partial charge in [-0.05, 0) is 80.7 Å². The van der Waals surface area contributed by atoms with Crippen LogP contribution in [-0.4, -0.2) is 177 Å². The van der Waals surface area contributed by atoms with Crippen molar-refractivity contribution in [3.05, 3.63) is 99.8 Å². The number of allylic oxidation sites excluding steroid dienone is 2. The number of carbonyl (C=O) groups is 5. The van der Waals surface area contributed by atoms with E-state index in [9.17, 15) is 24.0 Å². The zero-order chi connectivity index (χ0) is 59.8. The monoisotopic (exact) mass is 1190 g/mol. The number of thiazole rings is 1. The second-order valence-electron chi connectivity index (χ2n) is 21.9. The van der Waals surface area contributed by atoms with Crippen LogP contribution < -0.4 is 16.0 Å². The standard InChI is InChI=1S/C60H78ClF2N9O10S/c1-9-48(74)71-24-20-40(21-25-71)53-42-34-43(61)50(51-44(62)12-10-14-46(51)78-8)52(63)54(42)69-59(68-53)64-22-19-49(75)70(7)26-27-79-28-29-80-30-31-81-32-33-82-35-47(73)67-56(60(4,5)6)58(77)72-23-11-13-45(72)57(76)66-37(2)39-15-17-41(18-16-39)55-38(3)65-36-83-55/h9-10,12,15-18,34,36-37,40,45-46,56H,1,11,13-14,19-33,35H2,2-8H3,(H,66,76)(H,67,73)(H,64,68,69)/t37-,45-,46?,56+/m0/s1. The number of benzene rings is 2. The topological polar surface area (TPSA) is 216 Å². The largest absolute Gasteiger partial charge is 0.377 e. The van der Waals surface area contributed by atoms with Gasteiger partial charge in [0, 0.05) is 75.7 Å². The third-order valence-electron chi connectivity index (χ3n) is 15.0. The van der Waals surface area contributed by atoms with Crippen molar-refractivity contribution >= 4 is 74.9 Å². The smallest absolute Gasteiger partial charge is 0.246 e. The fourth-order valence-corrected chi connectivity index (χ4v) is 11.5. The van der Waals surface area contributed by atoms with Crippen LogP contribution in [0.3, 0.4) is 0 Å². The number of likely N-dealkylation sites (tertiary alicyclic amines) is 2. The molecular weight excluding hydrogens is 1110 g/mol. The fourth-order valence-electron chi connectivity index (χ4n) is 10.3. The molecule has 4 heterocycles. The molecular formula is C60H78ClF2N9O10S. The first-order valence-electron chi connectivity index (χ1n) is 28.2. The Bertz CT molecular complexity index is 2980. The molecule has 0 radical (unpaired) electrons. The number of anilines is 1. The van der Waals surface area contributed by atoms with Gasteiger partial charge >= 0.3 is 0 Å². The second-order valence-corrected chi connectivity index (χ2v) is 23.1. The highest BCUT2D eigenvalue weighted by atomic mass is 35.5. The Morgan fingerprint density at radius 1 is 0.940 bits per heavy atom. The van der Waals surface area contributed by atoms with Crippen molar-refractivity contribution in [1.82, 2.24) is 40.3 Å². The Balaban J connectivity index is 0.768. The number of carbonyl (C=O) groups excluding carboxylic acids is 5. The Hall–Kier alpha value is -6.27. The highest BCUT2D eigenvalue weighted by Gasteiger charge is 2.42. The fraction of sp³-hybridized carbons (Fsp3) is 0.533. The molecule has 450 valence electrons. The number of likely N-dealkylation sites (N-methyl/N-ethyl adjacent to an activating group) is 1. The molecule has 0 spiro atoms. The summed E-state index contributed by atoms with van der Waals surface area (Å²) in [7, 11) is 3.09. The number of hydrogen-bond acceptors (Lipinski definition) is 15. The number of fused-ring (bicyclic) bond motifs is 1. The molecule has 0 bridgehead atoms. The minimum absolute atomic E-state index is 0.00533. The SMILES string of the molecule is C=CC(=O)N1CCC(c2nc(NCCC(=O)N(C)CCOCCOCCOCCOCC(=O)N[C@H](C(=O)N3CCC[C@H]3C(=O)N[C@@H](C)c3ccc(-c4scnc4C)cc3)C(C)(C)C)nc3c(F)c(C4=C(F)C=CCC4OC)c(Cl)cc23)CC1. The van der Waals surface area contributed by atoms with E-state index in [2.05, 4.69) is 32.5 Å². The van der Waals surface area contributed by atoms with Gasteiger partial charge in [-0.3, -0.25) is 24.0 Å². The minimum Gasteiger partial charge on any atom is -0.377 e. The molecule has 7 rings (SSSR count). The number of amides is 5. The number of hydrogen-bond donors (Lipinski definition) is 3. The van der Waals surface area contributed by atoms with Crippen LogP contribution in [0.15, 0.2) is 66.5 Å². The summed E-state index contributed by atoms with van der Waals surface area (Å²) < 4.78 is 60.0. The second kappa shape index (κ2) is 30.5. The van der Waals surface area contributed by atoms with Crippen LogP contribution in [0, 0.1) is 18.2 Å².